The number of morpholine rings is 1. The molecule has 1 aromatic heterocycles. The van der Waals surface area contributed by atoms with Crippen LogP contribution in [0.3, 0.4) is 0 Å². The van der Waals surface area contributed by atoms with Crippen molar-refractivity contribution in [2.24, 2.45) is 0 Å². The number of ether oxygens (including phenoxy) is 1. The van der Waals surface area contributed by atoms with Crippen molar-refractivity contribution in [2.75, 3.05) is 26.3 Å². The molecule has 22 heavy (non-hydrogen) atoms. The van der Waals surface area contributed by atoms with Gasteiger partial charge in [-0.1, -0.05) is 11.6 Å². The number of benzene rings is 1. The van der Waals surface area contributed by atoms with E-state index >= 15 is 0 Å². The fraction of sp³-hybridized carbons (Fsp3) is 0.375. The number of carbonyl (C=O) groups excluding carboxylic acids is 1. The monoisotopic (exact) mass is 302 g/mol. The van der Waals surface area contributed by atoms with E-state index < -0.39 is 5.97 Å². The first-order valence-corrected chi connectivity index (χ1v) is 7.25. The molecule has 1 aromatic carbocycles. The number of aromatic carboxylic acids is 1. The summed E-state index contributed by atoms with van der Waals surface area (Å²) in [5, 5.41) is 10.2. The highest BCUT2D eigenvalue weighted by Crippen LogP contribution is 2.22. The second kappa shape index (κ2) is 5.81. The van der Waals surface area contributed by atoms with Crippen molar-refractivity contribution in [1.82, 2.24) is 9.47 Å². The zero-order chi connectivity index (χ0) is 15.7. The number of carboxylic acids is 1. The lowest BCUT2D eigenvalue weighted by molar-refractivity contribution is -0.135. The quantitative estimate of drug-likeness (QED) is 0.933. The summed E-state index contributed by atoms with van der Waals surface area (Å²) in [7, 11) is 0. The third-order valence-corrected chi connectivity index (χ3v) is 3.93. The molecule has 0 radical (unpaired) electrons. The second-order valence-corrected chi connectivity index (χ2v) is 5.48. The molecule has 0 saturated carbocycles. The van der Waals surface area contributed by atoms with Crippen molar-refractivity contribution in [3.8, 4) is 0 Å². The molecule has 0 atom stereocenters. The predicted octanol–water partition coefficient (Wildman–Crippen LogP) is 1.51. The van der Waals surface area contributed by atoms with E-state index in [1.54, 1.807) is 15.5 Å². The van der Waals surface area contributed by atoms with Gasteiger partial charge in [0.1, 0.15) is 12.2 Å². The topological polar surface area (TPSA) is 71.8 Å². The van der Waals surface area contributed by atoms with Gasteiger partial charge >= 0.3 is 5.97 Å². The van der Waals surface area contributed by atoms with Crippen molar-refractivity contribution < 1.29 is 19.4 Å². The average Bonchev–Trinajstić information content (AvgIpc) is 2.86. The van der Waals surface area contributed by atoms with E-state index in [0.29, 0.717) is 26.3 Å². The molecular weight excluding hydrogens is 284 g/mol. The van der Waals surface area contributed by atoms with Crippen LogP contribution in [-0.4, -0.2) is 52.8 Å². The van der Waals surface area contributed by atoms with Crippen LogP contribution in [0.4, 0.5) is 0 Å². The van der Waals surface area contributed by atoms with Crippen molar-refractivity contribution in [2.45, 2.75) is 13.5 Å². The minimum Gasteiger partial charge on any atom is -0.477 e. The van der Waals surface area contributed by atoms with Gasteiger partial charge in [-0.2, -0.15) is 0 Å². The van der Waals surface area contributed by atoms with Gasteiger partial charge < -0.3 is 19.3 Å². The normalized spacial score (nSPS) is 15.2. The van der Waals surface area contributed by atoms with Crippen molar-refractivity contribution >= 4 is 22.8 Å². The lowest BCUT2D eigenvalue weighted by Crippen LogP contribution is -2.42. The van der Waals surface area contributed by atoms with Crippen LogP contribution < -0.4 is 0 Å². The van der Waals surface area contributed by atoms with Crippen LogP contribution in [0.2, 0.25) is 0 Å². The second-order valence-electron chi connectivity index (χ2n) is 5.48. The Kier molecular flexibility index (Phi) is 3.85. The van der Waals surface area contributed by atoms with E-state index in [1.807, 2.05) is 25.1 Å². The molecular formula is C16H18N2O4. The Morgan fingerprint density at radius 3 is 2.64 bits per heavy atom. The summed E-state index contributed by atoms with van der Waals surface area (Å²) in [4.78, 5) is 25.6. The number of hydrogen-bond acceptors (Lipinski definition) is 3. The smallest absolute Gasteiger partial charge is 0.352 e. The van der Waals surface area contributed by atoms with Gasteiger partial charge in [0.25, 0.3) is 0 Å². The first-order chi connectivity index (χ1) is 10.6. The Labute approximate surface area is 127 Å². The largest absolute Gasteiger partial charge is 0.477 e. The van der Waals surface area contributed by atoms with Crippen LogP contribution in [0.5, 0.6) is 0 Å². The van der Waals surface area contributed by atoms with E-state index in [-0.39, 0.29) is 18.1 Å². The summed E-state index contributed by atoms with van der Waals surface area (Å²) in [6.45, 7) is 4.16. The summed E-state index contributed by atoms with van der Waals surface area (Å²) in [5.74, 6) is -1.10. The zero-order valence-corrected chi connectivity index (χ0v) is 12.4. The van der Waals surface area contributed by atoms with E-state index in [1.165, 1.54) is 0 Å². The maximum absolute atomic E-state index is 12.4. The molecule has 1 saturated heterocycles. The van der Waals surface area contributed by atoms with Gasteiger partial charge in [0.2, 0.25) is 5.91 Å². The minimum atomic E-state index is -1.02. The molecule has 1 aliphatic heterocycles. The van der Waals surface area contributed by atoms with Gasteiger partial charge in [0, 0.05) is 24.0 Å². The highest BCUT2D eigenvalue weighted by atomic mass is 16.5. The minimum absolute atomic E-state index is 0.0359. The number of fused-ring (bicyclic) bond motifs is 1. The van der Waals surface area contributed by atoms with Gasteiger partial charge in [-0.05, 0) is 25.1 Å². The van der Waals surface area contributed by atoms with E-state index in [9.17, 15) is 14.7 Å². The van der Waals surface area contributed by atoms with Gasteiger partial charge in [0.15, 0.2) is 0 Å². The summed E-state index contributed by atoms with van der Waals surface area (Å²) < 4.78 is 6.81. The molecule has 0 unspecified atom stereocenters. The standard InChI is InChI=1S/C16H18N2O4/c1-11-2-3-13-12(8-11)9-14(16(20)21)18(13)10-15(19)17-4-6-22-7-5-17/h2-3,8-9H,4-7,10H2,1H3,(H,20,21). The van der Waals surface area contributed by atoms with Crippen LogP contribution in [0.25, 0.3) is 10.9 Å². The van der Waals surface area contributed by atoms with Gasteiger partial charge in [-0.25, -0.2) is 4.79 Å². The Bertz CT molecular complexity index is 729. The lowest BCUT2D eigenvalue weighted by atomic mass is 10.2. The average molecular weight is 302 g/mol. The highest BCUT2D eigenvalue weighted by Gasteiger charge is 2.21. The third-order valence-electron chi connectivity index (χ3n) is 3.93. The van der Waals surface area contributed by atoms with Crippen LogP contribution in [0.1, 0.15) is 16.1 Å². The molecule has 1 aliphatic rings. The van der Waals surface area contributed by atoms with E-state index in [0.717, 1.165) is 16.5 Å². The van der Waals surface area contributed by atoms with Crippen LogP contribution >= 0.6 is 0 Å². The molecule has 116 valence electrons. The molecule has 2 aromatic rings. The van der Waals surface area contributed by atoms with E-state index in [4.69, 9.17) is 4.74 Å². The summed E-state index contributed by atoms with van der Waals surface area (Å²) >= 11 is 0. The van der Waals surface area contributed by atoms with Gasteiger partial charge in [-0.3, -0.25) is 4.79 Å². The van der Waals surface area contributed by atoms with Crippen LogP contribution in [0.15, 0.2) is 24.3 Å². The number of carbonyl (C=O) groups is 2. The molecule has 6 nitrogen and oxygen atoms in total. The predicted molar refractivity (Wildman–Crippen MR) is 81.0 cm³/mol. The summed E-state index contributed by atoms with van der Waals surface area (Å²) in [6.07, 6.45) is 0. The Morgan fingerprint density at radius 2 is 1.95 bits per heavy atom. The molecule has 3 rings (SSSR count). The van der Waals surface area contributed by atoms with E-state index in [2.05, 4.69) is 0 Å². The number of carboxylic acid groups (broad SMARTS) is 1. The summed E-state index contributed by atoms with van der Waals surface area (Å²) in [5.41, 5.74) is 1.97. The first-order valence-electron chi connectivity index (χ1n) is 7.25. The third kappa shape index (κ3) is 2.69. The molecule has 0 aliphatic carbocycles. The Hall–Kier alpha value is -2.34. The molecule has 1 fully saturated rings. The molecule has 1 amide bonds. The molecule has 0 bridgehead atoms. The van der Waals surface area contributed by atoms with Crippen LogP contribution in [-0.2, 0) is 16.1 Å². The molecule has 2 heterocycles. The van der Waals surface area contributed by atoms with Crippen molar-refractivity contribution in [3.05, 3.63) is 35.5 Å². The fourth-order valence-corrected chi connectivity index (χ4v) is 2.79. The molecule has 1 N–H and O–H groups in total. The fourth-order valence-electron chi connectivity index (χ4n) is 2.79. The number of rotatable bonds is 3. The summed E-state index contributed by atoms with van der Waals surface area (Å²) in [6, 6.07) is 7.34. The van der Waals surface area contributed by atoms with Crippen molar-refractivity contribution in [3.63, 3.8) is 0 Å². The number of amides is 1. The number of aromatic nitrogens is 1. The maximum Gasteiger partial charge on any atom is 0.352 e. The van der Waals surface area contributed by atoms with Crippen LogP contribution in [0, 0.1) is 6.92 Å². The van der Waals surface area contributed by atoms with Gasteiger partial charge in [0.05, 0.1) is 13.2 Å². The molecule has 0 spiro atoms. The van der Waals surface area contributed by atoms with Crippen molar-refractivity contribution in [1.29, 1.82) is 0 Å². The number of nitrogens with zero attached hydrogens (tertiary/aromatic N) is 2. The Morgan fingerprint density at radius 1 is 1.23 bits per heavy atom. The highest BCUT2D eigenvalue weighted by molar-refractivity contribution is 5.96. The Balaban J connectivity index is 1.95. The van der Waals surface area contributed by atoms with Gasteiger partial charge in [-0.15, -0.1) is 0 Å². The zero-order valence-electron chi connectivity index (χ0n) is 12.4. The first kappa shape index (κ1) is 14.6. The molecule has 6 heteroatoms. The lowest BCUT2D eigenvalue weighted by Gasteiger charge is -2.27. The maximum atomic E-state index is 12.4. The number of aryl methyl sites for hydroxylation is 1. The number of hydrogen-bond donors (Lipinski definition) is 1. The SMILES string of the molecule is Cc1ccc2c(c1)cc(C(=O)O)n2CC(=O)N1CCOCC1.